The lowest BCUT2D eigenvalue weighted by molar-refractivity contribution is 0.0463. The largest absolute Gasteiger partial charge is 0.393 e. The second-order valence-corrected chi connectivity index (χ2v) is 6.96. The van der Waals surface area contributed by atoms with Crippen molar-refractivity contribution in [2.45, 2.75) is 70.8 Å². The molecule has 3 rings (SSSR count). The second kappa shape index (κ2) is 6.30. The van der Waals surface area contributed by atoms with Gasteiger partial charge in [0.2, 0.25) is 0 Å². The van der Waals surface area contributed by atoms with Crippen molar-refractivity contribution in [3.05, 3.63) is 34.9 Å². The van der Waals surface area contributed by atoms with E-state index in [-0.39, 0.29) is 6.10 Å². The first-order valence-corrected chi connectivity index (χ1v) is 8.55. The third-order valence-corrected chi connectivity index (χ3v) is 5.41. The molecule has 0 aromatic heterocycles. The van der Waals surface area contributed by atoms with Crippen molar-refractivity contribution < 1.29 is 5.11 Å². The summed E-state index contributed by atoms with van der Waals surface area (Å²) < 4.78 is 0. The first kappa shape index (κ1) is 14.1. The molecule has 0 radical (unpaired) electrons. The Morgan fingerprint density at radius 1 is 1.15 bits per heavy atom. The predicted octanol–water partition coefficient (Wildman–Crippen LogP) is 4.30. The first-order chi connectivity index (χ1) is 9.76. The topological polar surface area (TPSA) is 20.2 Å². The molecule has 3 unspecified atom stereocenters. The SMILES string of the molecule is CCCC1CCC(O)C(Cc2ccc3c(c2)CCC3)C1. The van der Waals surface area contributed by atoms with Crippen LogP contribution in [0.4, 0.5) is 0 Å². The molecule has 1 N–H and O–H groups in total. The van der Waals surface area contributed by atoms with E-state index in [2.05, 4.69) is 25.1 Å². The van der Waals surface area contributed by atoms with E-state index in [1.807, 2.05) is 0 Å². The molecule has 0 aliphatic heterocycles. The fraction of sp³-hybridized carbons (Fsp3) is 0.684. The summed E-state index contributed by atoms with van der Waals surface area (Å²) in [4.78, 5) is 0. The van der Waals surface area contributed by atoms with Crippen molar-refractivity contribution in [1.82, 2.24) is 0 Å². The molecule has 1 aromatic carbocycles. The van der Waals surface area contributed by atoms with E-state index >= 15 is 0 Å². The molecule has 0 heterocycles. The van der Waals surface area contributed by atoms with Crippen molar-refractivity contribution in [2.24, 2.45) is 11.8 Å². The van der Waals surface area contributed by atoms with Gasteiger partial charge >= 0.3 is 0 Å². The maximum atomic E-state index is 10.3. The van der Waals surface area contributed by atoms with Crippen LogP contribution in [-0.2, 0) is 19.3 Å². The number of benzene rings is 1. The zero-order chi connectivity index (χ0) is 13.9. The zero-order valence-electron chi connectivity index (χ0n) is 12.8. The van der Waals surface area contributed by atoms with E-state index in [4.69, 9.17) is 0 Å². The highest BCUT2D eigenvalue weighted by molar-refractivity contribution is 5.35. The lowest BCUT2D eigenvalue weighted by Gasteiger charge is -2.33. The Morgan fingerprint density at radius 2 is 2.00 bits per heavy atom. The average molecular weight is 272 g/mol. The van der Waals surface area contributed by atoms with Gasteiger partial charge in [-0.25, -0.2) is 0 Å². The number of aryl methyl sites for hydroxylation is 2. The Kier molecular flexibility index (Phi) is 4.45. The van der Waals surface area contributed by atoms with Crippen LogP contribution in [0.5, 0.6) is 0 Å². The molecule has 1 heteroatoms. The maximum Gasteiger partial charge on any atom is 0.0571 e. The quantitative estimate of drug-likeness (QED) is 0.866. The van der Waals surface area contributed by atoms with Gasteiger partial charge in [-0.15, -0.1) is 0 Å². The molecule has 3 atom stereocenters. The minimum atomic E-state index is -0.0728. The summed E-state index contributed by atoms with van der Waals surface area (Å²) in [7, 11) is 0. The molecular formula is C19H28O. The highest BCUT2D eigenvalue weighted by atomic mass is 16.3. The Bertz CT molecular complexity index is 451. The van der Waals surface area contributed by atoms with Crippen LogP contribution in [0, 0.1) is 11.8 Å². The van der Waals surface area contributed by atoms with Gasteiger partial charge in [-0.1, -0.05) is 38.0 Å². The van der Waals surface area contributed by atoms with Crippen molar-refractivity contribution in [1.29, 1.82) is 0 Å². The summed E-state index contributed by atoms with van der Waals surface area (Å²) in [5, 5.41) is 10.3. The predicted molar refractivity (Wildman–Crippen MR) is 83.9 cm³/mol. The molecule has 20 heavy (non-hydrogen) atoms. The Hall–Kier alpha value is -0.820. The lowest BCUT2D eigenvalue weighted by atomic mass is 9.75. The van der Waals surface area contributed by atoms with E-state index in [9.17, 15) is 5.11 Å². The molecule has 0 amide bonds. The van der Waals surface area contributed by atoms with Crippen LogP contribution in [-0.4, -0.2) is 11.2 Å². The van der Waals surface area contributed by atoms with Gasteiger partial charge in [0.05, 0.1) is 6.10 Å². The Balaban J connectivity index is 1.66. The van der Waals surface area contributed by atoms with Crippen LogP contribution in [0.2, 0.25) is 0 Å². The van der Waals surface area contributed by atoms with Gasteiger partial charge in [0, 0.05) is 0 Å². The fourth-order valence-electron chi connectivity index (χ4n) is 4.29. The highest BCUT2D eigenvalue weighted by Gasteiger charge is 2.28. The number of hydrogen-bond acceptors (Lipinski definition) is 1. The normalized spacial score (nSPS) is 29.4. The Labute approximate surface area is 123 Å². The van der Waals surface area contributed by atoms with E-state index in [1.165, 1.54) is 50.5 Å². The van der Waals surface area contributed by atoms with Gasteiger partial charge in [0.1, 0.15) is 0 Å². The first-order valence-electron chi connectivity index (χ1n) is 8.55. The number of aliphatic hydroxyl groups excluding tert-OH is 1. The van der Waals surface area contributed by atoms with E-state index in [0.29, 0.717) is 5.92 Å². The van der Waals surface area contributed by atoms with Gasteiger partial charge in [-0.3, -0.25) is 0 Å². The Morgan fingerprint density at radius 3 is 2.85 bits per heavy atom. The molecule has 0 bridgehead atoms. The van der Waals surface area contributed by atoms with E-state index in [0.717, 1.165) is 18.8 Å². The van der Waals surface area contributed by atoms with Gasteiger partial charge in [-0.05, 0) is 73.5 Å². The molecule has 2 aliphatic rings. The number of rotatable bonds is 4. The third kappa shape index (κ3) is 3.09. The van der Waals surface area contributed by atoms with Gasteiger partial charge in [0.25, 0.3) is 0 Å². The summed E-state index contributed by atoms with van der Waals surface area (Å²) >= 11 is 0. The zero-order valence-corrected chi connectivity index (χ0v) is 12.8. The van der Waals surface area contributed by atoms with Crippen LogP contribution in [0.1, 0.15) is 62.1 Å². The van der Waals surface area contributed by atoms with Crippen molar-refractivity contribution >= 4 is 0 Å². The van der Waals surface area contributed by atoms with Crippen LogP contribution < -0.4 is 0 Å². The fourth-order valence-corrected chi connectivity index (χ4v) is 4.29. The molecule has 2 aliphatic carbocycles. The second-order valence-electron chi connectivity index (χ2n) is 6.96. The van der Waals surface area contributed by atoms with Crippen molar-refractivity contribution in [2.75, 3.05) is 0 Å². The van der Waals surface area contributed by atoms with Gasteiger partial charge in [0.15, 0.2) is 0 Å². The monoisotopic (exact) mass is 272 g/mol. The van der Waals surface area contributed by atoms with E-state index in [1.54, 1.807) is 11.1 Å². The van der Waals surface area contributed by atoms with Crippen LogP contribution in [0.15, 0.2) is 18.2 Å². The summed E-state index contributed by atoms with van der Waals surface area (Å²) in [5.74, 6) is 1.34. The summed E-state index contributed by atoms with van der Waals surface area (Å²) in [6.07, 6.45) is 10.9. The number of hydrogen-bond donors (Lipinski definition) is 1. The third-order valence-electron chi connectivity index (χ3n) is 5.41. The van der Waals surface area contributed by atoms with Crippen LogP contribution >= 0.6 is 0 Å². The number of aliphatic hydroxyl groups is 1. The maximum absolute atomic E-state index is 10.3. The standard InChI is InChI=1S/C19H28O/c1-2-4-14-8-10-19(20)18(11-14)13-15-7-9-16-5-3-6-17(16)12-15/h7,9,12,14,18-20H,2-6,8,10-11,13H2,1H3. The molecule has 1 nitrogen and oxygen atoms in total. The molecule has 0 saturated heterocycles. The van der Waals surface area contributed by atoms with Crippen molar-refractivity contribution in [3.63, 3.8) is 0 Å². The van der Waals surface area contributed by atoms with Gasteiger partial charge in [-0.2, -0.15) is 0 Å². The smallest absolute Gasteiger partial charge is 0.0571 e. The number of fused-ring (bicyclic) bond motifs is 1. The van der Waals surface area contributed by atoms with Crippen LogP contribution in [0.25, 0.3) is 0 Å². The summed E-state index contributed by atoms with van der Waals surface area (Å²) in [6.45, 7) is 2.28. The lowest BCUT2D eigenvalue weighted by Crippen LogP contribution is -2.30. The molecule has 110 valence electrons. The van der Waals surface area contributed by atoms with E-state index < -0.39 is 0 Å². The minimum Gasteiger partial charge on any atom is -0.393 e. The summed E-state index contributed by atoms with van der Waals surface area (Å²) in [5.41, 5.74) is 4.58. The highest BCUT2D eigenvalue weighted by Crippen LogP contribution is 2.34. The van der Waals surface area contributed by atoms with Gasteiger partial charge < -0.3 is 5.11 Å². The minimum absolute atomic E-state index is 0.0728. The summed E-state index contributed by atoms with van der Waals surface area (Å²) in [6, 6.07) is 7.05. The van der Waals surface area contributed by atoms with Crippen LogP contribution in [0.3, 0.4) is 0 Å². The van der Waals surface area contributed by atoms with Crippen molar-refractivity contribution in [3.8, 4) is 0 Å². The molecule has 0 spiro atoms. The molecular weight excluding hydrogens is 244 g/mol. The average Bonchev–Trinajstić information content (AvgIpc) is 2.90. The molecule has 1 saturated carbocycles. The molecule has 1 fully saturated rings. The molecule has 1 aromatic rings.